The Hall–Kier alpha value is -2.10. The lowest BCUT2D eigenvalue weighted by Crippen LogP contribution is -2.21. The molecule has 0 amide bonds. The average Bonchev–Trinajstić information content (AvgIpc) is 2.39. The van der Waals surface area contributed by atoms with Gasteiger partial charge in [0.05, 0.1) is 13.0 Å². The monoisotopic (exact) mass is 246 g/mol. The van der Waals surface area contributed by atoms with Gasteiger partial charge >= 0.3 is 5.97 Å². The molecule has 1 aromatic rings. The summed E-state index contributed by atoms with van der Waals surface area (Å²) in [5.41, 5.74) is 0.876. The van der Waals surface area contributed by atoms with Crippen LogP contribution in [0.5, 0.6) is 0 Å². The molecule has 2 rings (SSSR count). The Morgan fingerprint density at radius 2 is 2.11 bits per heavy atom. The second-order valence-electron chi connectivity index (χ2n) is 3.92. The minimum absolute atomic E-state index is 0.0121. The fourth-order valence-electron chi connectivity index (χ4n) is 1.78. The molecule has 0 spiro atoms. The van der Waals surface area contributed by atoms with Crippen LogP contribution in [-0.4, -0.2) is 18.4 Å². The predicted octanol–water partition coefficient (Wildman–Crippen LogP) is 2.16. The van der Waals surface area contributed by atoms with Crippen molar-refractivity contribution >= 4 is 11.8 Å². The Kier molecular flexibility index (Phi) is 3.77. The molecular weight excluding hydrogens is 232 g/mol. The molecule has 4 heteroatoms. The average molecular weight is 246 g/mol. The summed E-state index contributed by atoms with van der Waals surface area (Å²) < 4.78 is 10.4. The molecule has 0 saturated carbocycles. The molecule has 1 atom stereocenters. The van der Waals surface area contributed by atoms with Crippen molar-refractivity contribution in [2.75, 3.05) is 6.61 Å². The highest BCUT2D eigenvalue weighted by Gasteiger charge is 2.27. The van der Waals surface area contributed by atoms with E-state index in [0.717, 1.165) is 5.56 Å². The van der Waals surface area contributed by atoms with Crippen molar-refractivity contribution in [1.82, 2.24) is 0 Å². The van der Waals surface area contributed by atoms with E-state index in [1.54, 1.807) is 6.92 Å². The molecule has 0 fully saturated rings. The van der Waals surface area contributed by atoms with Crippen LogP contribution in [0.2, 0.25) is 0 Å². The lowest BCUT2D eigenvalue weighted by molar-refractivity contribution is -0.145. The minimum Gasteiger partial charge on any atom is -0.478 e. The van der Waals surface area contributed by atoms with Crippen molar-refractivity contribution < 1.29 is 19.1 Å². The van der Waals surface area contributed by atoms with E-state index in [1.807, 2.05) is 30.3 Å². The molecule has 0 aromatic heterocycles. The van der Waals surface area contributed by atoms with E-state index in [4.69, 9.17) is 9.47 Å². The van der Waals surface area contributed by atoms with Gasteiger partial charge in [-0.15, -0.1) is 0 Å². The number of hydrogen-bond donors (Lipinski definition) is 0. The van der Waals surface area contributed by atoms with Crippen molar-refractivity contribution in [3.05, 3.63) is 47.7 Å². The molecule has 0 radical (unpaired) electrons. The maximum atomic E-state index is 11.6. The van der Waals surface area contributed by atoms with E-state index in [9.17, 15) is 9.59 Å². The summed E-state index contributed by atoms with van der Waals surface area (Å²) in [5.74, 6) is -0.730. The number of hydrogen-bond acceptors (Lipinski definition) is 4. The SMILES string of the molecule is CCOC(=O)C1=CC(=O)CC(c2ccccc2)O1. The third-order valence-electron chi connectivity index (χ3n) is 2.60. The van der Waals surface area contributed by atoms with Crippen LogP contribution in [0.25, 0.3) is 0 Å². The summed E-state index contributed by atoms with van der Waals surface area (Å²) in [5, 5.41) is 0. The first-order valence-corrected chi connectivity index (χ1v) is 5.84. The van der Waals surface area contributed by atoms with Gasteiger partial charge < -0.3 is 9.47 Å². The third kappa shape index (κ3) is 2.77. The summed E-state index contributed by atoms with van der Waals surface area (Å²) in [6.07, 6.45) is 1.03. The number of esters is 1. The molecule has 1 heterocycles. The third-order valence-corrected chi connectivity index (χ3v) is 2.60. The second-order valence-corrected chi connectivity index (χ2v) is 3.92. The van der Waals surface area contributed by atoms with Crippen LogP contribution in [0, 0.1) is 0 Å². The van der Waals surface area contributed by atoms with Crippen LogP contribution in [-0.2, 0) is 19.1 Å². The van der Waals surface area contributed by atoms with E-state index in [-0.39, 0.29) is 24.6 Å². The number of allylic oxidation sites excluding steroid dienone is 1. The maximum absolute atomic E-state index is 11.6. The summed E-state index contributed by atoms with van der Waals surface area (Å²) in [6.45, 7) is 1.96. The van der Waals surface area contributed by atoms with Crippen LogP contribution < -0.4 is 0 Å². The first kappa shape index (κ1) is 12.4. The van der Waals surface area contributed by atoms with Crippen LogP contribution in [0.3, 0.4) is 0 Å². The first-order valence-electron chi connectivity index (χ1n) is 5.84. The van der Waals surface area contributed by atoms with Gasteiger partial charge in [-0.25, -0.2) is 4.79 Å². The van der Waals surface area contributed by atoms with E-state index in [1.165, 1.54) is 6.08 Å². The molecule has 1 unspecified atom stereocenters. The van der Waals surface area contributed by atoms with Crippen molar-refractivity contribution in [2.24, 2.45) is 0 Å². The van der Waals surface area contributed by atoms with Gasteiger partial charge in [-0.05, 0) is 12.5 Å². The van der Waals surface area contributed by atoms with Gasteiger partial charge in [-0.2, -0.15) is 0 Å². The molecule has 1 aliphatic heterocycles. The van der Waals surface area contributed by atoms with Crippen LogP contribution in [0.15, 0.2) is 42.2 Å². The summed E-state index contributed by atoms with van der Waals surface area (Å²) in [6, 6.07) is 9.35. The number of rotatable bonds is 3. The van der Waals surface area contributed by atoms with Crippen LogP contribution >= 0.6 is 0 Å². The van der Waals surface area contributed by atoms with Crippen molar-refractivity contribution in [1.29, 1.82) is 0 Å². The van der Waals surface area contributed by atoms with Gasteiger partial charge in [-0.1, -0.05) is 30.3 Å². The maximum Gasteiger partial charge on any atom is 0.373 e. The molecule has 0 saturated heterocycles. The Labute approximate surface area is 105 Å². The molecule has 0 bridgehead atoms. The predicted molar refractivity (Wildman–Crippen MR) is 64.6 cm³/mol. The Morgan fingerprint density at radius 1 is 1.39 bits per heavy atom. The standard InChI is InChI=1S/C14H14O4/c1-2-17-14(16)13-9-11(15)8-12(18-13)10-6-4-3-5-7-10/h3-7,9,12H,2,8H2,1H3. The number of carbonyl (C=O) groups excluding carboxylic acids is 2. The van der Waals surface area contributed by atoms with Gasteiger partial charge in [-0.3, -0.25) is 4.79 Å². The fourth-order valence-corrected chi connectivity index (χ4v) is 1.78. The van der Waals surface area contributed by atoms with E-state index in [2.05, 4.69) is 0 Å². The highest BCUT2D eigenvalue weighted by Crippen LogP contribution is 2.28. The van der Waals surface area contributed by atoms with Crippen molar-refractivity contribution in [3.63, 3.8) is 0 Å². The Bertz CT molecular complexity index is 476. The molecule has 4 nitrogen and oxygen atoms in total. The number of carbonyl (C=O) groups is 2. The molecule has 18 heavy (non-hydrogen) atoms. The number of ketones is 1. The highest BCUT2D eigenvalue weighted by atomic mass is 16.6. The lowest BCUT2D eigenvalue weighted by atomic mass is 10.0. The van der Waals surface area contributed by atoms with Gasteiger partial charge in [0.15, 0.2) is 5.78 Å². The Morgan fingerprint density at radius 3 is 2.78 bits per heavy atom. The summed E-state index contributed by atoms with van der Waals surface area (Å²) >= 11 is 0. The zero-order valence-corrected chi connectivity index (χ0v) is 10.1. The second kappa shape index (κ2) is 5.49. The molecule has 1 aromatic carbocycles. The topological polar surface area (TPSA) is 52.6 Å². The zero-order valence-electron chi connectivity index (χ0n) is 10.1. The van der Waals surface area contributed by atoms with Crippen LogP contribution in [0.4, 0.5) is 0 Å². The quantitative estimate of drug-likeness (QED) is 0.767. The highest BCUT2D eigenvalue weighted by molar-refractivity contribution is 5.99. The van der Waals surface area contributed by atoms with E-state index < -0.39 is 12.1 Å². The fraction of sp³-hybridized carbons (Fsp3) is 0.286. The molecule has 1 aliphatic rings. The summed E-state index contributed by atoms with van der Waals surface area (Å²) in [7, 11) is 0. The minimum atomic E-state index is -0.591. The normalized spacial score (nSPS) is 18.8. The molecule has 0 aliphatic carbocycles. The Balaban J connectivity index is 2.17. The van der Waals surface area contributed by atoms with E-state index >= 15 is 0 Å². The lowest BCUT2D eigenvalue weighted by Gasteiger charge is -2.23. The van der Waals surface area contributed by atoms with Gasteiger partial charge in [0, 0.05) is 6.08 Å². The molecular formula is C14H14O4. The van der Waals surface area contributed by atoms with Crippen molar-refractivity contribution in [2.45, 2.75) is 19.4 Å². The molecule has 94 valence electrons. The zero-order chi connectivity index (χ0) is 13.0. The van der Waals surface area contributed by atoms with Crippen molar-refractivity contribution in [3.8, 4) is 0 Å². The first-order chi connectivity index (χ1) is 8.70. The van der Waals surface area contributed by atoms with E-state index in [0.29, 0.717) is 0 Å². The van der Waals surface area contributed by atoms with Crippen LogP contribution in [0.1, 0.15) is 25.0 Å². The van der Waals surface area contributed by atoms with Gasteiger partial charge in [0.25, 0.3) is 0 Å². The summed E-state index contributed by atoms with van der Waals surface area (Å²) in [4.78, 5) is 23.2. The largest absolute Gasteiger partial charge is 0.478 e. The van der Waals surface area contributed by atoms with Gasteiger partial charge in [0.2, 0.25) is 5.76 Å². The number of ether oxygens (including phenoxy) is 2. The smallest absolute Gasteiger partial charge is 0.373 e. The molecule has 0 N–H and O–H groups in total. The number of benzene rings is 1. The van der Waals surface area contributed by atoms with Gasteiger partial charge in [0.1, 0.15) is 6.10 Å².